The standard InChI is InChI=1S/C9H5Cl3O2S/c10-6-2-1-5(14-6)8(13)4-3-7(11)15-9(4)12/h1-3,8,13H. The Balaban J connectivity index is 2.35. The fourth-order valence-electron chi connectivity index (χ4n) is 1.17. The first-order valence-electron chi connectivity index (χ1n) is 3.96. The highest BCUT2D eigenvalue weighted by Gasteiger charge is 2.19. The van der Waals surface area contributed by atoms with E-state index >= 15 is 0 Å². The molecule has 0 aromatic carbocycles. The van der Waals surface area contributed by atoms with E-state index in [4.69, 9.17) is 39.2 Å². The van der Waals surface area contributed by atoms with Crippen molar-refractivity contribution >= 4 is 46.1 Å². The molecule has 1 unspecified atom stereocenters. The first-order chi connectivity index (χ1) is 7.08. The van der Waals surface area contributed by atoms with Crippen molar-refractivity contribution < 1.29 is 9.52 Å². The normalized spacial score (nSPS) is 13.1. The lowest BCUT2D eigenvalue weighted by Crippen LogP contribution is -1.96. The fourth-order valence-corrected chi connectivity index (χ4v) is 2.84. The third-order valence-electron chi connectivity index (χ3n) is 1.84. The van der Waals surface area contributed by atoms with Crippen LogP contribution in [0.1, 0.15) is 17.4 Å². The van der Waals surface area contributed by atoms with Gasteiger partial charge in [0.25, 0.3) is 0 Å². The van der Waals surface area contributed by atoms with Crippen LogP contribution in [-0.2, 0) is 0 Å². The zero-order valence-electron chi connectivity index (χ0n) is 7.21. The van der Waals surface area contributed by atoms with Gasteiger partial charge in [0.2, 0.25) is 0 Å². The van der Waals surface area contributed by atoms with Crippen molar-refractivity contribution in [3.8, 4) is 0 Å². The van der Waals surface area contributed by atoms with Crippen LogP contribution in [-0.4, -0.2) is 5.11 Å². The first kappa shape index (κ1) is 11.3. The number of aliphatic hydroxyl groups excluding tert-OH is 1. The Hall–Kier alpha value is -0.190. The van der Waals surface area contributed by atoms with E-state index in [1.807, 2.05) is 0 Å². The van der Waals surface area contributed by atoms with Gasteiger partial charge < -0.3 is 9.52 Å². The van der Waals surface area contributed by atoms with Crippen LogP contribution >= 0.6 is 46.1 Å². The van der Waals surface area contributed by atoms with E-state index in [-0.39, 0.29) is 5.22 Å². The largest absolute Gasteiger partial charge is 0.447 e. The summed E-state index contributed by atoms with van der Waals surface area (Å²) in [5.74, 6) is 0.344. The van der Waals surface area contributed by atoms with Gasteiger partial charge in [-0.25, -0.2) is 0 Å². The Morgan fingerprint density at radius 3 is 2.47 bits per heavy atom. The minimum Gasteiger partial charge on any atom is -0.447 e. The molecule has 2 aromatic heterocycles. The first-order valence-corrected chi connectivity index (χ1v) is 5.91. The molecule has 0 fully saturated rings. The van der Waals surface area contributed by atoms with Gasteiger partial charge in [0.1, 0.15) is 16.2 Å². The maximum atomic E-state index is 9.91. The molecular weight excluding hydrogens is 279 g/mol. The average Bonchev–Trinajstić information content (AvgIpc) is 2.71. The number of rotatable bonds is 2. The second-order valence-electron chi connectivity index (χ2n) is 2.82. The average molecular weight is 284 g/mol. The summed E-state index contributed by atoms with van der Waals surface area (Å²) in [7, 11) is 0. The minimum absolute atomic E-state index is 0.224. The van der Waals surface area contributed by atoms with Crippen LogP contribution in [0.5, 0.6) is 0 Å². The van der Waals surface area contributed by atoms with Crippen LogP contribution in [0.25, 0.3) is 0 Å². The van der Waals surface area contributed by atoms with Crippen LogP contribution in [0.2, 0.25) is 13.9 Å². The van der Waals surface area contributed by atoms with Crippen molar-refractivity contribution in [1.82, 2.24) is 0 Å². The molecule has 80 valence electrons. The van der Waals surface area contributed by atoms with Crippen molar-refractivity contribution in [3.05, 3.63) is 43.4 Å². The fraction of sp³-hybridized carbons (Fsp3) is 0.111. The van der Waals surface area contributed by atoms with Crippen molar-refractivity contribution in [1.29, 1.82) is 0 Å². The highest BCUT2D eigenvalue weighted by atomic mass is 35.5. The van der Waals surface area contributed by atoms with Crippen molar-refractivity contribution in [2.24, 2.45) is 0 Å². The number of hydrogen-bond donors (Lipinski definition) is 1. The lowest BCUT2D eigenvalue weighted by molar-refractivity contribution is 0.190. The van der Waals surface area contributed by atoms with Gasteiger partial charge >= 0.3 is 0 Å². The SMILES string of the molecule is OC(c1ccc(Cl)o1)c1cc(Cl)sc1Cl. The molecule has 2 nitrogen and oxygen atoms in total. The van der Waals surface area contributed by atoms with Gasteiger partial charge in [-0.1, -0.05) is 23.2 Å². The van der Waals surface area contributed by atoms with Crippen molar-refractivity contribution in [2.75, 3.05) is 0 Å². The Bertz CT molecular complexity index is 477. The van der Waals surface area contributed by atoms with E-state index in [0.717, 1.165) is 0 Å². The second kappa shape index (κ2) is 4.36. The molecule has 0 bridgehead atoms. The molecule has 0 aliphatic carbocycles. The van der Waals surface area contributed by atoms with E-state index in [1.54, 1.807) is 18.2 Å². The number of aliphatic hydroxyl groups is 1. The summed E-state index contributed by atoms with van der Waals surface area (Å²) >= 11 is 18.5. The Labute approximate surface area is 105 Å². The molecule has 0 aliphatic heterocycles. The molecule has 0 amide bonds. The molecule has 0 aliphatic rings. The highest BCUT2D eigenvalue weighted by molar-refractivity contribution is 7.20. The smallest absolute Gasteiger partial charge is 0.193 e. The summed E-state index contributed by atoms with van der Waals surface area (Å²) in [6.07, 6.45) is -0.936. The van der Waals surface area contributed by atoms with Gasteiger partial charge in [0, 0.05) is 5.56 Å². The van der Waals surface area contributed by atoms with Crippen molar-refractivity contribution in [2.45, 2.75) is 6.10 Å². The third-order valence-corrected chi connectivity index (χ3v) is 3.56. The van der Waals surface area contributed by atoms with Gasteiger partial charge in [-0.05, 0) is 29.8 Å². The van der Waals surface area contributed by atoms with Gasteiger partial charge in [-0.2, -0.15) is 0 Å². The maximum Gasteiger partial charge on any atom is 0.193 e. The molecule has 1 atom stereocenters. The van der Waals surface area contributed by atoms with Crippen LogP contribution in [0.3, 0.4) is 0 Å². The monoisotopic (exact) mass is 282 g/mol. The molecule has 6 heteroatoms. The molecule has 1 N–H and O–H groups in total. The molecule has 2 heterocycles. The van der Waals surface area contributed by atoms with Crippen molar-refractivity contribution in [3.63, 3.8) is 0 Å². The minimum atomic E-state index is -0.936. The molecule has 0 saturated carbocycles. The second-order valence-corrected chi connectivity index (χ2v) is 5.48. The van der Waals surface area contributed by atoms with E-state index in [2.05, 4.69) is 0 Å². The van der Waals surface area contributed by atoms with E-state index in [9.17, 15) is 5.11 Å². The zero-order valence-corrected chi connectivity index (χ0v) is 10.3. The van der Waals surface area contributed by atoms with Gasteiger partial charge in [0.15, 0.2) is 5.22 Å². The Morgan fingerprint density at radius 2 is 2.00 bits per heavy atom. The summed E-state index contributed by atoms with van der Waals surface area (Å²) in [6.45, 7) is 0. The summed E-state index contributed by atoms with van der Waals surface area (Å²) in [5, 5.41) is 10.1. The van der Waals surface area contributed by atoms with E-state index in [0.29, 0.717) is 20.0 Å². The van der Waals surface area contributed by atoms with Crippen LogP contribution in [0.15, 0.2) is 22.6 Å². The van der Waals surface area contributed by atoms with E-state index < -0.39 is 6.10 Å². The summed E-state index contributed by atoms with van der Waals surface area (Å²) in [5.41, 5.74) is 0.526. The summed E-state index contributed by atoms with van der Waals surface area (Å²) in [6, 6.07) is 4.76. The highest BCUT2D eigenvalue weighted by Crippen LogP contribution is 2.38. The number of thiophene rings is 1. The summed E-state index contributed by atoms with van der Waals surface area (Å²) < 4.78 is 6.05. The van der Waals surface area contributed by atoms with Gasteiger partial charge in [-0.3, -0.25) is 0 Å². The molecular formula is C9H5Cl3O2S. The lowest BCUT2D eigenvalue weighted by atomic mass is 10.1. The summed E-state index contributed by atoms with van der Waals surface area (Å²) in [4.78, 5) is 0. The number of furan rings is 1. The maximum absolute atomic E-state index is 9.91. The predicted molar refractivity (Wildman–Crippen MR) is 62.1 cm³/mol. The van der Waals surface area contributed by atoms with E-state index in [1.165, 1.54) is 11.3 Å². The number of halogens is 3. The molecule has 2 rings (SSSR count). The zero-order chi connectivity index (χ0) is 11.0. The topological polar surface area (TPSA) is 33.4 Å². The number of hydrogen-bond acceptors (Lipinski definition) is 3. The third kappa shape index (κ3) is 2.32. The Kier molecular flexibility index (Phi) is 3.28. The molecule has 0 saturated heterocycles. The van der Waals surface area contributed by atoms with Gasteiger partial charge in [-0.15, -0.1) is 11.3 Å². The molecule has 2 aromatic rings. The molecule has 0 radical (unpaired) electrons. The van der Waals surface area contributed by atoms with Crippen LogP contribution in [0, 0.1) is 0 Å². The van der Waals surface area contributed by atoms with Crippen LogP contribution in [0.4, 0.5) is 0 Å². The molecule has 0 spiro atoms. The molecule has 15 heavy (non-hydrogen) atoms. The predicted octanol–water partition coefficient (Wildman–Crippen LogP) is 4.38. The lowest BCUT2D eigenvalue weighted by Gasteiger charge is -2.05. The van der Waals surface area contributed by atoms with Gasteiger partial charge in [0.05, 0.1) is 4.34 Å². The quantitative estimate of drug-likeness (QED) is 0.887. The Morgan fingerprint density at radius 1 is 1.27 bits per heavy atom. The van der Waals surface area contributed by atoms with Crippen LogP contribution < -0.4 is 0 Å².